The second-order valence-corrected chi connectivity index (χ2v) is 8.31. The van der Waals surface area contributed by atoms with Crippen LogP contribution in [0.5, 0.6) is 0 Å². The third-order valence-corrected chi connectivity index (χ3v) is 4.88. The van der Waals surface area contributed by atoms with Crippen LogP contribution in [-0.4, -0.2) is 65.1 Å². The molecule has 0 bridgehead atoms. The van der Waals surface area contributed by atoms with Crippen LogP contribution in [0, 0.1) is 0 Å². The van der Waals surface area contributed by atoms with E-state index in [9.17, 15) is 9.59 Å². The molecule has 0 saturated carbocycles. The Morgan fingerprint density at radius 3 is 2.54 bits per heavy atom. The molecule has 0 atom stereocenters. The van der Waals surface area contributed by atoms with E-state index in [2.05, 4.69) is 10.3 Å². The molecule has 2 aromatic rings. The van der Waals surface area contributed by atoms with E-state index in [1.54, 1.807) is 4.90 Å². The van der Waals surface area contributed by atoms with Gasteiger partial charge < -0.3 is 15.0 Å². The first-order chi connectivity index (χ1) is 12.3. The van der Waals surface area contributed by atoms with E-state index in [0.717, 1.165) is 10.2 Å². The van der Waals surface area contributed by atoms with Crippen LogP contribution in [0.4, 0.5) is 9.93 Å². The van der Waals surface area contributed by atoms with Gasteiger partial charge in [-0.05, 0) is 32.9 Å². The summed E-state index contributed by atoms with van der Waals surface area (Å²) in [5, 5.41) is 3.48. The summed E-state index contributed by atoms with van der Waals surface area (Å²) < 4.78 is 6.43. The van der Waals surface area contributed by atoms with Crippen LogP contribution in [-0.2, 0) is 9.53 Å². The summed E-state index contributed by atoms with van der Waals surface area (Å²) in [6.07, 6.45) is -0.295. The SMILES string of the molecule is CC(C)(C)OC(=O)N1CCN(CC(=O)Nc2nc3ccccc3s2)CC1. The Kier molecular flexibility index (Phi) is 5.43. The molecule has 8 heteroatoms. The summed E-state index contributed by atoms with van der Waals surface area (Å²) in [7, 11) is 0. The molecular formula is C18H24N4O3S. The maximum absolute atomic E-state index is 12.3. The number of carbonyl (C=O) groups excluding carboxylic acids is 2. The van der Waals surface area contributed by atoms with Gasteiger partial charge in [0, 0.05) is 26.2 Å². The lowest BCUT2D eigenvalue weighted by Gasteiger charge is -2.35. The first-order valence-corrected chi connectivity index (χ1v) is 9.47. The number of carbonyl (C=O) groups is 2. The number of nitrogens with one attached hydrogen (secondary N) is 1. The van der Waals surface area contributed by atoms with Crippen molar-refractivity contribution in [1.29, 1.82) is 0 Å². The highest BCUT2D eigenvalue weighted by Crippen LogP contribution is 2.25. The number of hydrogen-bond acceptors (Lipinski definition) is 6. The molecule has 0 radical (unpaired) electrons. The summed E-state index contributed by atoms with van der Waals surface area (Å²) in [6.45, 7) is 8.26. The van der Waals surface area contributed by atoms with Crippen molar-refractivity contribution in [2.45, 2.75) is 26.4 Å². The van der Waals surface area contributed by atoms with Gasteiger partial charge in [0.25, 0.3) is 0 Å². The van der Waals surface area contributed by atoms with Crippen LogP contribution in [0.15, 0.2) is 24.3 Å². The molecule has 1 aliphatic rings. The predicted molar refractivity (Wildman–Crippen MR) is 102 cm³/mol. The summed E-state index contributed by atoms with van der Waals surface area (Å²) in [4.78, 5) is 32.5. The van der Waals surface area contributed by atoms with Gasteiger partial charge in [-0.3, -0.25) is 9.69 Å². The van der Waals surface area contributed by atoms with Gasteiger partial charge in [0.05, 0.1) is 16.8 Å². The Bertz CT molecular complexity index is 758. The lowest BCUT2D eigenvalue weighted by atomic mass is 10.2. The van der Waals surface area contributed by atoms with Crippen molar-refractivity contribution in [3.63, 3.8) is 0 Å². The van der Waals surface area contributed by atoms with Crippen LogP contribution in [0.3, 0.4) is 0 Å². The molecule has 0 aliphatic carbocycles. The zero-order chi connectivity index (χ0) is 18.7. The molecule has 3 rings (SSSR count). The van der Waals surface area contributed by atoms with E-state index in [4.69, 9.17) is 4.74 Å². The fourth-order valence-corrected chi connectivity index (χ4v) is 3.58. The number of amides is 2. The molecule has 1 fully saturated rings. The average molecular weight is 376 g/mol. The molecular weight excluding hydrogens is 352 g/mol. The van der Waals surface area contributed by atoms with E-state index < -0.39 is 5.60 Å². The highest BCUT2D eigenvalue weighted by molar-refractivity contribution is 7.22. The molecule has 0 spiro atoms. The third-order valence-electron chi connectivity index (χ3n) is 3.93. The molecule has 1 saturated heterocycles. The van der Waals surface area contributed by atoms with Gasteiger partial charge in [0.15, 0.2) is 5.13 Å². The summed E-state index contributed by atoms with van der Waals surface area (Å²) in [5.74, 6) is -0.0882. The average Bonchev–Trinajstić information content (AvgIpc) is 2.95. The van der Waals surface area contributed by atoms with E-state index in [0.29, 0.717) is 31.3 Å². The van der Waals surface area contributed by atoms with E-state index in [1.165, 1.54) is 11.3 Å². The molecule has 1 aliphatic heterocycles. The second-order valence-electron chi connectivity index (χ2n) is 7.28. The van der Waals surface area contributed by atoms with E-state index >= 15 is 0 Å². The molecule has 2 amide bonds. The Morgan fingerprint density at radius 2 is 1.88 bits per heavy atom. The Hall–Kier alpha value is -2.19. The number of fused-ring (bicyclic) bond motifs is 1. The number of rotatable bonds is 3. The van der Waals surface area contributed by atoms with Crippen LogP contribution in [0.2, 0.25) is 0 Å². The number of hydrogen-bond donors (Lipinski definition) is 1. The minimum Gasteiger partial charge on any atom is -0.444 e. The fraction of sp³-hybridized carbons (Fsp3) is 0.500. The molecule has 2 heterocycles. The third kappa shape index (κ3) is 4.92. The number of nitrogens with zero attached hydrogens (tertiary/aromatic N) is 3. The van der Waals surface area contributed by atoms with Crippen molar-refractivity contribution in [3.8, 4) is 0 Å². The number of benzene rings is 1. The van der Waals surface area contributed by atoms with E-state index in [1.807, 2.05) is 49.9 Å². The van der Waals surface area contributed by atoms with Gasteiger partial charge in [0.2, 0.25) is 5.91 Å². The quantitative estimate of drug-likeness (QED) is 0.892. The largest absolute Gasteiger partial charge is 0.444 e. The Labute approximate surface area is 156 Å². The number of para-hydroxylation sites is 1. The fourth-order valence-electron chi connectivity index (χ4n) is 2.70. The van der Waals surface area contributed by atoms with Gasteiger partial charge >= 0.3 is 6.09 Å². The lowest BCUT2D eigenvalue weighted by Crippen LogP contribution is -2.51. The lowest BCUT2D eigenvalue weighted by molar-refractivity contribution is -0.117. The maximum atomic E-state index is 12.3. The van der Waals surface area contributed by atoms with Gasteiger partial charge in [-0.1, -0.05) is 23.5 Å². The van der Waals surface area contributed by atoms with Gasteiger partial charge in [-0.2, -0.15) is 0 Å². The predicted octanol–water partition coefficient (Wildman–Crippen LogP) is 2.79. The van der Waals surface area contributed by atoms with Crippen molar-refractivity contribution in [3.05, 3.63) is 24.3 Å². The smallest absolute Gasteiger partial charge is 0.410 e. The van der Waals surface area contributed by atoms with Crippen LogP contribution < -0.4 is 5.32 Å². The first kappa shape index (κ1) is 18.6. The van der Waals surface area contributed by atoms with Crippen molar-refractivity contribution >= 4 is 38.7 Å². The normalized spacial score (nSPS) is 15.9. The monoisotopic (exact) mass is 376 g/mol. The molecule has 26 heavy (non-hydrogen) atoms. The zero-order valence-corrected chi connectivity index (χ0v) is 16.1. The number of aromatic nitrogens is 1. The minimum atomic E-state index is -0.495. The molecule has 1 aromatic carbocycles. The van der Waals surface area contributed by atoms with Crippen LogP contribution in [0.1, 0.15) is 20.8 Å². The van der Waals surface area contributed by atoms with Crippen molar-refractivity contribution in [2.24, 2.45) is 0 Å². The van der Waals surface area contributed by atoms with E-state index in [-0.39, 0.29) is 18.5 Å². The molecule has 1 N–H and O–H groups in total. The van der Waals surface area contributed by atoms with Gasteiger partial charge in [-0.15, -0.1) is 0 Å². The number of piperazine rings is 1. The first-order valence-electron chi connectivity index (χ1n) is 8.66. The number of anilines is 1. The van der Waals surface area contributed by atoms with Gasteiger partial charge in [-0.25, -0.2) is 9.78 Å². The summed E-state index contributed by atoms with van der Waals surface area (Å²) >= 11 is 1.47. The molecule has 140 valence electrons. The molecule has 0 unspecified atom stereocenters. The topological polar surface area (TPSA) is 74.8 Å². The molecule has 7 nitrogen and oxygen atoms in total. The van der Waals surface area contributed by atoms with Gasteiger partial charge in [0.1, 0.15) is 5.60 Å². The maximum Gasteiger partial charge on any atom is 0.410 e. The standard InChI is InChI=1S/C18H24N4O3S/c1-18(2,3)25-17(24)22-10-8-21(9-11-22)12-15(23)20-16-19-13-6-4-5-7-14(13)26-16/h4-7H,8-12H2,1-3H3,(H,19,20,23). The number of ether oxygens (including phenoxy) is 1. The zero-order valence-electron chi connectivity index (χ0n) is 15.3. The summed E-state index contributed by atoms with van der Waals surface area (Å²) in [5.41, 5.74) is 0.393. The Balaban J connectivity index is 1.46. The minimum absolute atomic E-state index is 0.0882. The highest BCUT2D eigenvalue weighted by Gasteiger charge is 2.26. The van der Waals surface area contributed by atoms with Crippen LogP contribution >= 0.6 is 11.3 Å². The van der Waals surface area contributed by atoms with Crippen molar-refractivity contribution < 1.29 is 14.3 Å². The summed E-state index contributed by atoms with van der Waals surface area (Å²) in [6, 6.07) is 7.80. The van der Waals surface area contributed by atoms with Crippen molar-refractivity contribution in [2.75, 3.05) is 38.0 Å². The number of thiazole rings is 1. The second kappa shape index (κ2) is 7.59. The highest BCUT2D eigenvalue weighted by atomic mass is 32.1. The Morgan fingerprint density at radius 1 is 1.19 bits per heavy atom. The molecule has 1 aromatic heterocycles. The van der Waals surface area contributed by atoms with Crippen LogP contribution in [0.25, 0.3) is 10.2 Å². The van der Waals surface area contributed by atoms with Crippen molar-refractivity contribution in [1.82, 2.24) is 14.8 Å².